The predicted molar refractivity (Wildman–Crippen MR) is 59.5 cm³/mol. The first kappa shape index (κ1) is 8.81. The number of hydrogen-bond acceptors (Lipinski definition) is 1. The zero-order valence-electron chi connectivity index (χ0n) is 9.70. The molecule has 6 unspecified atom stereocenters. The summed E-state index contributed by atoms with van der Waals surface area (Å²) in [5.41, 5.74) is 3.43. The van der Waals surface area contributed by atoms with Crippen molar-refractivity contribution in [1.82, 2.24) is 0 Å². The standard InChI is InChI=1S/C14H20O/c1-7(2)12-10-6-11-13(12)9-5-3-4-8(10)14(9)15-11/h8-11,13-14H,3-6H2,1-2H3. The smallest absolute Gasteiger partial charge is 0.0654 e. The fourth-order valence-corrected chi connectivity index (χ4v) is 5.18. The number of ether oxygens (including phenoxy) is 1. The third-order valence-electron chi connectivity index (χ3n) is 5.45. The number of rotatable bonds is 0. The maximum absolute atomic E-state index is 6.26. The Morgan fingerprint density at radius 2 is 2.00 bits per heavy atom. The van der Waals surface area contributed by atoms with Crippen LogP contribution in [0.4, 0.5) is 0 Å². The van der Waals surface area contributed by atoms with Gasteiger partial charge in [-0.3, -0.25) is 0 Å². The van der Waals surface area contributed by atoms with E-state index in [0.717, 1.165) is 23.7 Å². The van der Waals surface area contributed by atoms with Gasteiger partial charge in [-0.1, -0.05) is 17.6 Å². The maximum atomic E-state index is 6.26. The summed E-state index contributed by atoms with van der Waals surface area (Å²) >= 11 is 0. The molecular weight excluding hydrogens is 184 g/mol. The summed E-state index contributed by atoms with van der Waals surface area (Å²) in [6.07, 6.45) is 6.96. The summed E-state index contributed by atoms with van der Waals surface area (Å²) in [6.45, 7) is 4.64. The molecule has 3 saturated carbocycles. The Labute approximate surface area is 91.9 Å². The molecule has 5 aliphatic rings. The van der Waals surface area contributed by atoms with Crippen LogP contribution >= 0.6 is 0 Å². The highest BCUT2D eigenvalue weighted by Gasteiger charge is 2.63. The molecule has 1 nitrogen and oxygen atoms in total. The molecule has 0 aromatic rings. The molecule has 5 rings (SSSR count). The van der Waals surface area contributed by atoms with Crippen molar-refractivity contribution < 1.29 is 4.74 Å². The molecule has 0 amide bonds. The van der Waals surface area contributed by atoms with Crippen molar-refractivity contribution in [3.05, 3.63) is 11.1 Å². The van der Waals surface area contributed by atoms with Crippen LogP contribution < -0.4 is 0 Å². The van der Waals surface area contributed by atoms with E-state index >= 15 is 0 Å². The van der Waals surface area contributed by atoms with E-state index in [2.05, 4.69) is 13.8 Å². The van der Waals surface area contributed by atoms with Gasteiger partial charge in [0.2, 0.25) is 0 Å². The van der Waals surface area contributed by atoms with E-state index in [1.165, 1.54) is 25.7 Å². The van der Waals surface area contributed by atoms with Gasteiger partial charge in [-0.25, -0.2) is 0 Å². The average Bonchev–Trinajstić information content (AvgIpc) is 2.66. The van der Waals surface area contributed by atoms with Crippen molar-refractivity contribution in [1.29, 1.82) is 0 Å². The lowest BCUT2D eigenvalue weighted by Gasteiger charge is -2.45. The van der Waals surface area contributed by atoms with Crippen LogP contribution in [0, 0.1) is 23.7 Å². The number of hydrogen-bond donors (Lipinski definition) is 0. The summed E-state index contributed by atoms with van der Waals surface area (Å²) in [5.74, 6) is 3.54. The normalized spacial score (nSPS) is 55.2. The second-order valence-corrected chi connectivity index (χ2v) is 6.22. The molecule has 3 aliphatic carbocycles. The largest absolute Gasteiger partial charge is 0.374 e. The second kappa shape index (κ2) is 2.68. The van der Waals surface area contributed by atoms with Crippen molar-refractivity contribution in [2.45, 2.75) is 51.7 Å². The molecule has 6 bridgehead atoms. The van der Waals surface area contributed by atoms with E-state index in [1.807, 2.05) is 5.57 Å². The molecular formula is C14H20O. The third-order valence-corrected chi connectivity index (χ3v) is 5.45. The van der Waals surface area contributed by atoms with E-state index in [4.69, 9.17) is 4.74 Å². The van der Waals surface area contributed by atoms with Gasteiger partial charge in [0.1, 0.15) is 0 Å². The van der Waals surface area contributed by atoms with Gasteiger partial charge in [-0.15, -0.1) is 0 Å². The van der Waals surface area contributed by atoms with Gasteiger partial charge in [-0.2, -0.15) is 0 Å². The minimum Gasteiger partial charge on any atom is -0.374 e. The molecule has 1 heteroatoms. The van der Waals surface area contributed by atoms with Crippen LogP contribution in [-0.2, 0) is 4.74 Å². The number of allylic oxidation sites excluding steroid dienone is 1. The van der Waals surface area contributed by atoms with Crippen LogP contribution in [0.1, 0.15) is 39.5 Å². The molecule has 0 N–H and O–H groups in total. The molecule has 5 fully saturated rings. The zero-order chi connectivity index (χ0) is 10.2. The molecule has 2 saturated heterocycles. The first-order valence-corrected chi connectivity index (χ1v) is 6.60. The van der Waals surface area contributed by atoms with Crippen molar-refractivity contribution in [3.63, 3.8) is 0 Å². The molecule has 15 heavy (non-hydrogen) atoms. The zero-order valence-corrected chi connectivity index (χ0v) is 9.70. The van der Waals surface area contributed by atoms with Gasteiger partial charge in [0.25, 0.3) is 0 Å². The molecule has 2 heterocycles. The topological polar surface area (TPSA) is 9.23 Å². The van der Waals surface area contributed by atoms with Crippen molar-refractivity contribution in [2.24, 2.45) is 23.7 Å². The molecule has 6 atom stereocenters. The summed E-state index contributed by atoms with van der Waals surface area (Å²) in [4.78, 5) is 0. The minimum absolute atomic E-state index is 0.615. The van der Waals surface area contributed by atoms with Gasteiger partial charge in [0, 0.05) is 5.92 Å². The Morgan fingerprint density at radius 3 is 2.80 bits per heavy atom. The van der Waals surface area contributed by atoms with Gasteiger partial charge >= 0.3 is 0 Å². The Hall–Kier alpha value is -0.300. The van der Waals surface area contributed by atoms with Crippen LogP contribution in [0.3, 0.4) is 0 Å². The molecule has 0 aromatic carbocycles. The Balaban J connectivity index is 1.88. The minimum atomic E-state index is 0.615. The quantitative estimate of drug-likeness (QED) is 0.551. The maximum Gasteiger partial charge on any atom is 0.0654 e. The second-order valence-electron chi connectivity index (χ2n) is 6.22. The highest BCUT2D eigenvalue weighted by molar-refractivity contribution is 5.32. The first-order valence-electron chi connectivity index (χ1n) is 6.60. The third kappa shape index (κ3) is 0.898. The van der Waals surface area contributed by atoms with Crippen LogP contribution in [0.15, 0.2) is 11.1 Å². The molecule has 0 spiro atoms. The Kier molecular flexibility index (Phi) is 1.58. The van der Waals surface area contributed by atoms with Crippen LogP contribution in [0.2, 0.25) is 0 Å². The average molecular weight is 204 g/mol. The van der Waals surface area contributed by atoms with Crippen LogP contribution in [0.5, 0.6) is 0 Å². The van der Waals surface area contributed by atoms with Gasteiger partial charge in [0.05, 0.1) is 12.2 Å². The van der Waals surface area contributed by atoms with Gasteiger partial charge in [0.15, 0.2) is 0 Å². The fraction of sp³-hybridized carbons (Fsp3) is 0.857. The van der Waals surface area contributed by atoms with Crippen LogP contribution in [-0.4, -0.2) is 12.2 Å². The summed E-state index contributed by atoms with van der Waals surface area (Å²) in [7, 11) is 0. The van der Waals surface area contributed by atoms with Crippen LogP contribution in [0.25, 0.3) is 0 Å². The van der Waals surface area contributed by atoms with Crippen molar-refractivity contribution in [2.75, 3.05) is 0 Å². The SMILES string of the molecule is CC(C)=C1C2CC3OC4C2CCCC4C13. The van der Waals surface area contributed by atoms with Gasteiger partial charge in [-0.05, 0) is 50.9 Å². The van der Waals surface area contributed by atoms with Crippen molar-refractivity contribution >= 4 is 0 Å². The lowest BCUT2D eigenvalue weighted by molar-refractivity contribution is -0.0710. The summed E-state index contributed by atoms with van der Waals surface area (Å²) in [5, 5.41) is 0. The molecule has 82 valence electrons. The van der Waals surface area contributed by atoms with Gasteiger partial charge < -0.3 is 4.74 Å². The fourth-order valence-electron chi connectivity index (χ4n) is 5.18. The predicted octanol–water partition coefficient (Wildman–Crippen LogP) is 3.16. The van der Waals surface area contributed by atoms with E-state index in [0.29, 0.717) is 12.2 Å². The molecule has 0 radical (unpaired) electrons. The lowest BCUT2D eigenvalue weighted by atomic mass is 9.62. The highest BCUT2D eigenvalue weighted by Crippen LogP contribution is 2.64. The summed E-state index contributed by atoms with van der Waals surface area (Å²) < 4.78 is 6.26. The molecule has 0 aromatic heterocycles. The lowest BCUT2D eigenvalue weighted by Crippen LogP contribution is -2.43. The van der Waals surface area contributed by atoms with E-state index in [9.17, 15) is 0 Å². The van der Waals surface area contributed by atoms with E-state index in [1.54, 1.807) is 5.57 Å². The Bertz CT molecular complexity index is 333. The van der Waals surface area contributed by atoms with E-state index < -0.39 is 0 Å². The first-order chi connectivity index (χ1) is 7.27. The summed E-state index contributed by atoms with van der Waals surface area (Å²) in [6, 6.07) is 0. The Morgan fingerprint density at radius 1 is 1.20 bits per heavy atom. The highest BCUT2D eigenvalue weighted by atomic mass is 16.5. The monoisotopic (exact) mass is 204 g/mol. The van der Waals surface area contributed by atoms with Crippen molar-refractivity contribution in [3.8, 4) is 0 Å². The van der Waals surface area contributed by atoms with E-state index in [-0.39, 0.29) is 0 Å². The molecule has 2 aliphatic heterocycles.